The number of hydrogen-bond donors (Lipinski definition) is 1. The molecular formula is C23H23N3O4. The van der Waals surface area contributed by atoms with Gasteiger partial charge in [-0.2, -0.15) is 0 Å². The smallest absolute Gasteiger partial charge is 0.257 e. The molecule has 2 aromatic heterocycles. The van der Waals surface area contributed by atoms with Gasteiger partial charge in [0.1, 0.15) is 6.61 Å². The molecule has 0 fully saturated rings. The van der Waals surface area contributed by atoms with Gasteiger partial charge in [-0.1, -0.05) is 6.08 Å². The topological polar surface area (TPSA) is 82.6 Å². The van der Waals surface area contributed by atoms with E-state index in [1.54, 1.807) is 56.0 Å². The predicted molar refractivity (Wildman–Crippen MR) is 114 cm³/mol. The van der Waals surface area contributed by atoms with Crippen LogP contribution in [0.15, 0.2) is 67.6 Å². The van der Waals surface area contributed by atoms with Gasteiger partial charge in [-0.15, -0.1) is 6.58 Å². The van der Waals surface area contributed by atoms with Crippen LogP contribution in [0, 0.1) is 0 Å². The minimum Gasteiger partial charge on any atom is -0.493 e. The maximum atomic E-state index is 12.9. The standard InChI is InChI=1S/C23H23N3O4/c1-4-6-17-13-18(14-20(28-2)21(17)29-3)23(27)26-22-19(7-5-10-25-22)30-15-16-8-11-24-12-9-16/h4-5,7-14H,1,6,15H2,2-3H3,(H,25,26,27). The van der Waals surface area contributed by atoms with Gasteiger partial charge in [0.25, 0.3) is 5.91 Å². The number of rotatable bonds is 9. The van der Waals surface area contributed by atoms with E-state index in [9.17, 15) is 4.79 Å². The summed E-state index contributed by atoms with van der Waals surface area (Å²) in [6.45, 7) is 4.09. The van der Waals surface area contributed by atoms with Crippen LogP contribution in [0.3, 0.4) is 0 Å². The van der Waals surface area contributed by atoms with E-state index < -0.39 is 0 Å². The van der Waals surface area contributed by atoms with Gasteiger partial charge in [0.15, 0.2) is 23.1 Å². The van der Waals surface area contributed by atoms with Crippen LogP contribution in [0.25, 0.3) is 0 Å². The zero-order chi connectivity index (χ0) is 21.3. The van der Waals surface area contributed by atoms with E-state index in [1.807, 2.05) is 12.1 Å². The van der Waals surface area contributed by atoms with Crippen LogP contribution in [-0.4, -0.2) is 30.1 Å². The molecule has 0 aliphatic rings. The average molecular weight is 405 g/mol. The number of amides is 1. The highest BCUT2D eigenvalue weighted by atomic mass is 16.5. The number of allylic oxidation sites excluding steroid dienone is 1. The van der Waals surface area contributed by atoms with E-state index in [4.69, 9.17) is 14.2 Å². The molecule has 7 heteroatoms. The van der Waals surface area contributed by atoms with Crippen LogP contribution in [0.2, 0.25) is 0 Å². The van der Waals surface area contributed by atoms with Gasteiger partial charge >= 0.3 is 0 Å². The van der Waals surface area contributed by atoms with Crippen LogP contribution in [-0.2, 0) is 13.0 Å². The molecule has 0 radical (unpaired) electrons. The number of aromatic nitrogens is 2. The lowest BCUT2D eigenvalue weighted by Gasteiger charge is -2.15. The molecule has 154 valence electrons. The lowest BCUT2D eigenvalue weighted by molar-refractivity contribution is 0.102. The molecule has 0 aliphatic carbocycles. The number of nitrogens with one attached hydrogen (secondary N) is 1. The van der Waals surface area contributed by atoms with Gasteiger partial charge in [-0.3, -0.25) is 9.78 Å². The summed E-state index contributed by atoms with van der Waals surface area (Å²) in [5, 5.41) is 2.81. The molecule has 7 nitrogen and oxygen atoms in total. The van der Waals surface area contributed by atoms with Crippen LogP contribution in [0.4, 0.5) is 5.82 Å². The zero-order valence-electron chi connectivity index (χ0n) is 16.9. The first-order chi connectivity index (χ1) is 14.7. The van der Waals surface area contributed by atoms with Crippen LogP contribution >= 0.6 is 0 Å². The van der Waals surface area contributed by atoms with Crippen molar-refractivity contribution in [1.82, 2.24) is 9.97 Å². The van der Waals surface area contributed by atoms with Crippen LogP contribution in [0.1, 0.15) is 21.5 Å². The summed E-state index contributed by atoms with van der Waals surface area (Å²) in [6.07, 6.45) is 7.25. The minimum absolute atomic E-state index is 0.330. The van der Waals surface area contributed by atoms with Crippen molar-refractivity contribution in [2.45, 2.75) is 13.0 Å². The molecule has 1 aromatic carbocycles. The van der Waals surface area contributed by atoms with Gasteiger partial charge in [0.2, 0.25) is 0 Å². The Morgan fingerprint density at radius 3 is 2.60 bits per heavy atom. The van der Waals surface area contributed by atoms with Gasteiger partial charge in [0, 0.05) is 29.7 Å². The van der Waals surface area contributed by atoms with E-state index in [-0.39, 0.29) is 5.91 Å². The van der Waals surface area contributed by atoms with E-state index in [1.165, 1.54) is 7.11 Å². The SMILES string of the molecule is C=CCc1cc(C(=O)Nc2ncccc2OCc2ccncc2)cc(OC)c1OC. The Balaban J connectivity index is 1.82. The van der Waals surface area contributed by atoms with Crippen LogP contribution < -0.4 is 19.5 Å². The maximum absolute atomic E-state index is 12.9. The second-order valence-electron chi connectivity index (χ2n) is 6.31. The Morgan fingerprint density at radius 1 is 1.10 bits per heavy atom. The molecule has 0 spiro atoms. The number of hydrogen-bond acceptors (Lipinski definition) is 6. The fourth-order valence-electron chi connectivity index (χ4n) is 2.90. The fourth-order valence-corrected chi connectivity index (χ4v) is 2.90. The normalized spacial score (nSPS) is 10.2. The summed E-state index contributed by atoms with van der Waals surface area (Å²) in [5.41, 5.74) is 2.17. The number of carbonyl (C=O) groups is 1. The number of methoxy groups -OCH3 is 2. The number of carbonyl (C=O) groups excluding carboxylic acids is 1. The molecule has 0 atom stereocenters. The summed E-state index contributed by atoms with van der Waals surface area (Å²) < 4.78 is 16.7. The summed E-state index contributed by atoms with van der Waals surface area (Å²) in [5.74, 6) is 1.50. The van der Waals surface area contributed by atoms with Crippen molar-refractivity contribution in [1.29, 1.82) is 0 Å². The first-order valence-corrected chi connectivity index (χ1v) is 9.30. The van der Waals surface area contributed by atoms with E-state index in [0.717, 1.165) is 11.1 Å². The van der Waals surface area contributed by atoms with E-state index >= 15 is 0 Å². The monoisotopic (exact) mass is 405 g/mol. The van der Waals surface area contributed by atoms with Gasteiger partial charge in [0.05, 0.1) is 14.2 Å². The highest BCUT2D eigenvalue weighted by molar-refractivity contribution is 6.05. The number of nitrogens with zero attached hydrogens (tertiary/aromatic N) is 2. The molecule has 1 amide bonds. The van der Waals surface area contributed by atoms with E-state index in [2.05, 4.69) is 21.9 Å². The van der Waals surface area contributed by atoms with Crippen molar-refractivity contribution >= 4 is 11.7 Å². The molecule has 3 aromatic rings. The molecule has 2 heterocycles. The summed E-state index contributed by atoms with van der Waals surface area (Å²) in [6, 6.07) is 10.6. The maximum Gasteiger partial charge on any atom is 0.257 e. The molecule has 0 saturated heterocycles. The Labute approximate surface area is 175 Å². The first kappa shape index (κ1) is 20.9. The second-order valence-corrected chi connectivity index (χ2v) is 6.31. The highest BCUT2D eigenvalue weighted by Gasteiger charge is 2.17. The third-order valence-electron chi connectivity index (χ3n) is 4.33. The average Bonchev–Trinajstić information content (AvgIpc) is 2.78. The minimum atomic E-state index is -0.339. The van der Waals surface area contributed by atoms with Gasteiger partial charge in [-0.05, 0) is 48.4 Å². The largest absolute Gasteiger partial charge is 0.493 e. The first-order valence-electron chi connectivity index (χ1n) is 9.30. The zero-order valence-corrected chi connectivity index (χ0v) is 16.9. The van der Waals surface area contributed by atoms with Crippen molar-refractivity contribution in [3.8, 4) is 17.2 Å². The van der Waals surface area contributed by atoms with Crippen molar-refractivity contribution in [2.24, 2.45) is 0 Å². The van der Waals surface area contributed by atoms with Crippen molar-refractivity contribution < 1.29 is 19.0 Å². The molecule has 1 N–H and O–H groups in total. The Morgan fingerprint density at radius 2 is 1.90 bits per heavy atom. The molecule has 3 rings (SSSR count). The lowest BCUT2D eigenvalue weighted by Crippen LogP contribution is -2.15. The van der Waals surface area contributed by atoms with Crippen molar-refractivity contribution in [3.05, 3.63) is 84.3 Å². The third-order valence-corrected chi connectivity index (χ3v) is 4.33. The second kappa shape index (κ2) is 10.1. The summed E-state index contributed by atoms with van der Waals surface area (Å²) in [7, 11) is 3.09. The Bertz CT molecular complexity index is 1020. The number of pyridine rings is 2. The molecule has 30 heavy (non-hydrogen) atoms. The third kappa shape index (κ3) is 4.94. The highest BCUT2D eigenvalue weighted by Crippen LogP contribution is 2.33. The van der Waals surface area contributed by atoms with E-state index in [0.29, 0.717) is 41.7 Å². The Kier molecular flexibility index (Phi) is 7.00. The molecule has 0 saturated carbocycles. The number of anilines is 1. The molecule has 0 unspecified atom stereocenters. The summed E-state index contributed by atoms with van der Waals surface area (Å²) >= 11 is 0. The lowest BCUT2D eigenvalue weighted by atomic mass is 10.0. The predicted octanol–water partition coefficient (Wildman–Crippen LogP) is 4.05. The van der Waals surface area contributed by atoms with Gasteiger partial charge in [-0.25, -0.2) is 4.98 Å². The quantitative estimate of drug-likeness (QED) is 0.541. The fraction of sp³-hybridized carbons (Fsp3) is 0.174. The van der Waals surface area contributed by atoms with Crippen LogP contribution in [0.5, 0.6) is 17.2 Å². The number of ether oxygens (including phenoxy) is 3. The summed E-state index contributed by atoms with van der Waals surface area (Å²) in [4.78, 5) is 21.2. The molecular weight excluding hydrogens is 382 g/mol. The Hall–Kier alpha value is -3.87. The van der Waals surface area contributed by atoms with Crippen molar-refractivity contribution in [3.63, 3.8) is 0 Å². The molecule has 0 aliphatic heterocycles. The molecule has 0 bridgehead atoms. The van der Waals surface area contributed by atoms with Crippen molar-refractivity contribution in [2.75, 3.05) is 19.5 Å². The van der Waals surface area contributed by atoms with Gasteiger partial charge < -0.3 is 19.5 Å². The number of benzene rings is 1.